The highest BCUT2D eigenvalue weighted by atomic mass is 35.5. The molecule has 0 spiro atoms. The summed E-state index contributed by atoms with van der Waals surface area (Å²) in [4.78, 5) is 23.4. The SMILES string of the molecule is CC(C)(C)C(=O)NCCC(=O)NC1CCCC1CN.Cl. The van der Waals surface area contributed by atoms with Gasteiger partial charge in [-0.05, 0) is 25.3 Å². The predicted molar refractivity (Wildman–Crippen MR) is 82.7 cm³/mol. The van der Waals surface area contributed by atoms with E-state index in [9.17, 15) is 9.59 Å². The molecule has 1 aliphatic carbocycles. The van der Waals surface area contributed by atoms with Crippen LogP contribution in [0.15, 0.2) is 0 Å². The van der Waals surface area contributed by atoms with Crippen LogP contribution >= 0.6 is 12.4 Å². The molecule has 0 aromatic rings. The van der Waals surface area contributed by atoms with Crippen LogP contribution in [-0.2, 0) is 9.59 Å². The van der Waals surface area contributed by atoms with E-state index in [0.29, 0.717) is 25.4 Å². The lowest BCUT2D eigenvalue weighted by Gasteiger charge is -2.20. The number of amides is 2. The van der Waals surface area contributed by atoms with Crippen molar-refractivity contribution in [3.8, 4) is 0 Å². The summed E-state index contributed by atoms with van der Waals surface area (Å²) in [6, 6.07) is 0.218. The third-order valence-corrected chi connectivity index (χ3v) is 3.63. The molecule has 1 aliphatic rings. The minimum atomic E-state index is -0.410. The Hall–Kier alpha value is -0.810. The average molecular weight is 306 g/mol. The minimum Gasteiger partial charge on any atom is -0.355 e. The van der Waals surface area contributed by atoms with E-state index >= 15 is 0 Å². The van der Waals surface area contributed by atoms with E-state index in [-0.39, 0.29) is 30.3 Å². The van der Waals surface area contributed by atoms with Gasteiger partial charge in [0, 0.05) is 24.4 Å². The van der Waals surface area contributed by atoms with Gasteiger partial charge in [0.15, 0.2) is 0 Å². The number of hydrogen-bond donors (Lipinski definition) is 3. The van der Waals surface area contributed by atoms with Crippen molar-refractivity contribution in [3.05, 3.63) is 0 Å². The summed E-state index contributed by atoms with van der Waals surface area (Å²) >= 11 is 0. The van der Waals surface area contributed by atoms with Gasteiger partial charge in [-0.2, -0.15) is 0 Å². The van der Waals surface area contributed by atoms with Gasteiger partial charge in [0.1, 0.15) is 0 Å². The molecule has 2 atom stereocenters. The number of hydrogen-bond acceptors (Lipinski definition) is 3. The van der Waals surface area contributed by atoms with Crippen molar-refractivity contribution in [2.75, 3.05) is 13.1 Å². The van der Waals surface area contributed by atoms with E-state index in [1.807, 2.05) is 20.8 Å². The molecule has 118 valence electrons. The third-order valence-electron chi connectivity index (χ3n) is 3.63. The van der Waals surface area contributed by atoms with Crippen LogP contribution in [0, 0.1) is 11.3 Å². The Labute approximate surface area is 127 Å². The number of rotatable bonds is 5. The van der Waals surface area contributed by atoms with Crippen molar-refractivity contribution >= 4 is 24.2 Å². The van der Waals surface area contributed by atoms with Gasteiger partial charge < -0.3 is 16.4 Å². The molecular formula is C14H28ClN3O2. The monoisotopic (exact) mass is 305 g/mol. The fourth-order valence-corrected chi connectivity index (χ4v) is 2.34. The first-order chi connectivity index (χ1) is 8.84. The maximum atomic E-state index is 11.8. The molecule has 0 bridgehead atoms. The van der Waals surface area contributed by atoms with Crippen molar-refractivity contribution < 1.29 is 9.59 Å². The Morgan fingerprint density at radius 3 is 2.45 bits per heavy atom. The van der Waals surface area contributed by atoms with Gasteiger partial charge in [-0.3, -0.25) is 9.59 Å². The summed E-state index contributed by atoms with van der Waals surface area (Å²) in [5.41, 5.74) is 5.27. The molecule has 0 aromatic carbocycles. The van der Waals surface area contributed by atoms with Gasteiger partial charge >= 0.3 is 0 Å². The zero-order valence-corrected chi connectivity index (χ0v) is 13.5. The predicted octanol–water partition coefficient (Wildman–Crippen LogP) is 1.20. The smallest absolute Gasteiger partial charge is 0.225 e. The highest BCUT2D eigenvalue weighted by Gasteiger charge is 2.27. The molecule has 2 unspecified atom stereocenters. The maximum Gasteiger partial charge on any atom is 0.225 e. The molecule has 5 nitrogen and oxygen atoms in total. The number of carbonyl (C=O) groups is 2. The first-order valence-electron chi connectivity index (χ1n) is 7.12. The topological polar surface area (TPSA) is 84.2 Å². The molecule has 0 heterocycles. The second-order valence-electron chi connectivity index (χ2n) is 6.36. The molecule has 0 saturated heterocycles. The van der Waals surface area contributed by atoms with Gasteiger partial charge in [-0.15, -0.1) is 12.4 Å². The van der Waals surface area contributed by atoms with Crippen LogP contribution in [0.25, 0.3) is 0 Å². The molecule has 0 aromatic heterocycles. The largest absolute Gasteiger partial charge is 0.355 e. The highest BCUT2D eigenvalue weighted by molar-refractivity contribution is 5.85. The molecule has 0 radical (unpaired) electrons. The van der Waals surface area contributed by atoms with Crippen LogP contribution in [0.4, 0.5) is 0 Å². The summed E-state index contributed by atoms with van der Waals surface area (Å²) in [5.74, 6) is 0.383. The van der Waals surface area contributed by atoms with Crippen LogP contribution in [0.2, 0.25) is 0 Å². The normalized spacial score (nSPS) is 22.0. The Balaban J connectivity index is 0.00000361. The lowest BCUT2D eigenvalue weighted by molar-refractivity contribution is -0.128. The maximum absolute atomic E-state index is 11.8. The lowest BCUT2D eigenvalue weighted by Crippen LogP contribution is -2.42. The molecular weight excluding hydrogens is 278 g/mol. The van der Waals surface area contributed by atoms with Crippen molar-refractivity contribution in [2.24, 2.45) is 17.1 Å². The van der Waals surface area contributed by atoms with Crippen molar-refractivity contribution in [1.29, 1.82) is 0 Å². The van der Waals surface area contributed by atoms with Crippen LogP contribution in [0.5, 0.6) is 0 Å². The fraction of sp³-hybridized carbons (Fsp3) is 0.857. The van der Waals surface area contributed by atoms with Crippen molar-refractivity contribution in [2.45, 2.75) is 52.5 Å². The summed E-state index contributed by atoms with van der Waals surface area (Å²) < 4.78 is 0. The summed E-state index contributed by atoms with van der Waals surface area (Å²) in [5, 5.41) is 5.80. The second kappa shape index (κ2) is 8.47. The summed E-state index contributed by atoms with van der Waals surface area (Å²) in [7, 11) is 0. The van der Waals surface area contributed by atoms with Gasteiger partial charge in [-0.25, -0.2) is 0 Å². The zero-order chi connectivity index (χ0) is 14.5. The molecule has 1 saturated carbocycles. The summed E-state index contributed by atoms with van der Waals surface area (Å²) in [6.45, 7) is 6.58. The fourth-order valence-electron chi connectivity index (χ4n) is 2.34. The highest BCUT2D eigenvalue weighted by Crippen LogP contribution is 2.24. The molecule has 2 amide bonds. The van der Waals surface area contributed by atoms with E-state index < -0.39 is 5.41 Å². The van der Waals surface area contributed by atoms with E-state index in [1.165, 1.54) is 0 Å². The van der Waals surface area contributed by atoms with Crippen LogP contribution in [-0.4, -0.2) is 30.9 Å². The Morgan fingerprint density at radius 2 is 1.90 bits per heavy atom. The number of carbonyl (C=O) groups excluding carboxylic acids is 2. The molecule has 20 heavy (non-hydrogen) atoms. The van der Waals surface area contributed by atoms with Gasteiger partial charge in [0.05, 0.1) is 0 Å². The first-order valence-corrected chi connectivity index (χ1v) is 7.12. The minimum absolute atomic E-state index is 0. The van der Waals surface area contributed by atoms with Crippen LogP contribution < -0.4 is 16.4 Å². The van der Waals surface area contributed by atoms with Crippen molar-refractivity contribution in [3.63, 3.8) is 0 Å². The Morgan fingerprint density at radius 1 is 1.25 bits per heavy atom. The van der Waals surface area contributed by atoms with E-state index in [1.54, 1.807) is 0 Å². The zero-order valence-electron chi connectivity index (χ0n) is 12.7. The van der Waals surface area contributed by atoms with Crippen molar-refractivity contribution in [1.82, 2.24) is 10.6 Å². The Bertz CT molecular complexity index is 329. The standard InChI is InChI=1S/C14H27N3O2.ClH/c1-14(2,3)13(19)16-8-7-12(18)17-11-6-4-5-10(11)9-15;/h10-11H,4-9,15H2,1-3H3,(H,16,19)(H,17,18);1H. The second-order valence-corrected chi connectivity index (χ2v) is 6.36. The van der Waals surface area contributed by atoms with E-state index in [2.05, 4.69) is 10.6 Å². The van der Waals surface area contributed by atoms with E-state index in [0.717, 1.165) is 19.3 Å². The molecule has 0 aliphatic heterocycles. The van der Waals surface area contributed by atoms with E-state index in [4.69, 9.17) is 5.73 Å². The van der Waals surface area contributed by atoms with Gasteiger partial charge in [0.2, 0.25) is 11.8 Å². The number of nitrogens with two attached hydrogens (primary N) is 1. The van der Waals surface area contributed by atoms with Crippen LogP contribution in [0.1, 0.15) is 46.5 Å². The summed E-state index contributed by atoms with van der Waals surface area (Å²) in [6.07, 6.45) is 3.58. The average Bonchev–Trinajstić information content (AvgIpc) is 2.74. The number of nitrogens with one attached hydrogen (secondary N) is 2. The molecule has 1 fully saturated rings. The molecule has 4 N–H and O–H groups in total. The Kier molecular flexibility index (Phi) is 8.13. The van der Waals surface area contributed by atoms with Gasteiger partial charge in [-0.1, -0.05) is 27.2 Å². The molecule has 6 heteroatoms. The molecule has 1 rings (SSSR count). The van der Waals surface area contributed by atoms with Gasteiger partial charge in [0.25, 0.3) is 0 Å². The third kappa shape index (κ3) is 6.09. The lowest BCUT2D eigenvalue weighted by atomic mass is 9.96. The first kappa shape index (κ1) is 19.2. The quantitative estimate of drug-likeness (QED) is 0.713. The van der Waals surface area contributed by atoms with Crippen LogP contribution in [0.3, 0.4) is 0 Å². The number of halogens is 1.